The third-order valence-corrected chi connectivity index (χ3v) is 8.85. The Bertz CT molecular complexity index is 1840. The van der Waals surface area contributed by atoms with Crippen molar-refractivity contribution in [2.24, 2.45) is 5.92 Å². The van der Waals surface area contributed by atoms with Gasteiger partial charge in [0.15, 0.2) is 5.78 Å². The number of nitriles is 1. The fourth-order valence-electron chi connectivity index (χ4n) is 7.07. The van der Waals surface area contributed by atoms with E-state index in [1.165, 1.54) is 0 Å². The first-order valence-corrected chi connectivity index (χ1v) is 14.7. The molecule has 3 nitrogen and oxygen atoms in total. The number of Topliss-reactive ketones (excluding diaryl/α,β-unsaturated/α-hetero) is 1. The van der Waals surface area contributed by atoms with Crippen molar-refractivity contribution in [2.45, 2.75) is 17.5 Å². The summed E-state index contributed by atoms with van der Waals surface area (Å²) >= 11 is 0. The van der Waals surface area contributed by atoms with Gasteiger partial charge in [0.05, 0.1) is 17.5 Å². The van der Waals surface area contributed by atoms with Crippen molar-refractivity contribution >= 4 is 17.1 Å². The first kappa shape index (κ1) is 26.4. The number of ketones is 1. The first-order valence-electron chi connectivity index (χ1n) is 14.7. The van der Waals surface area contributed by atoms with E-state index in [1.807, 2.05) is 103 Å². The zero-order chi connectivity index (χ0) is 29.2. The van der Waals surface area contributed by atoms with E-state index in [-0.39, 0.29) is 5.78 Å². The molecule has 5 aromatic rings. The molecule has 3 heteroatoms. The molecule has 43 heavy (non-hydrogen) atoms. The summed E-state index contributed by atoms with van der Waals surface area (Å²) in [5.41, 5.74) is 5.69. The minimum atomic E-state index is -0.944. The van der Waals surface area contributed by atoms with Crippen LogP contribution in [-0.4, -0.2) is 16.7 Å². The molecule has 0 spiro atoms. The highest BCUT2D eigenvalue weighted by Gasteiger charge is 2.63. The lowest BCUT2D eigenvalue weighted by Gasteiger charge is -2.46. The number of hydrogen-bond donors (Lipinski definition) is 0. The second-order valence-corrected chi connectivity index (χ2v) is 11.1. The van der Waals surface area contributed by atoms with Crippen LogP contribution in [0.2, 0.25) is 0 Å². The minimum absolute atomic E-state index is 0.0269. The Hall–Kier alpha value is -5.46. The predicted octanol–water partition coefficient (Wildman–Crippen LogP) is 8.51. The molecule has 0 saturated carbocycles. The molecule has 4 unspecified atom stereocenters. The largest absolute Gasteiger partial charge is 0.340 e. The smallest absolute Gasteiger partial charge is 0.169 e. The fourth-order valence-corrected chi connectivity index (χ4v) is 7.07. The summed E-state index contributed by atoms with van der Waals surface area (Å²) in [5.74, 6) is -0.952. The van der Waals surface area contributed by atoms with Crippen LogP contribution in [0.5, 0.6) is 0 Å². The number of benzene rings is 5. The van der Waals surface area contributed by atoms with Crippen molar-refractivity contribution in [3.05, 3.63) is 192 Å². The maximum absolute atomic E-state index is 15.0. The Morgan fingerprint density at radius 2 is 1.16 bits per heavy atom. The maximum Gasteiger partial charge on any atom is 0.169 e. The number of carbonyl (C=O) groups excluding carboxylic acids is 1. The van der Waals surface area contributed by atoms with E-state index in [9.17, 15) is 5.26 Å². The molecule has 0 amide bonds. The van der Waals surface area contributed by atoms with Gasteiger partial charge >= 0.3 is 0 Å². The van der Waals surface area contributed by atoms with E-state index >= 15 is 4.79 Å². The molecule has 2 aliphatic heterocycles. The lowest BCUT2D eigenvalue weighted by atomic mass is 9.67. The Morgan fingerprint density at radius 3 is 1.74 bits per heavy atom. The van der Waals surface area contributed by atoms with E-state index in [0.717, 1.165) is 33.5 Å². The molecule has 0 aromatic heterocycles. The molecule has 0 aliphatic carbocycles. The molecule has 2 heterocycles. The maximum atomic E-state index is 15.0. The van der Waals surface area contributed by atoms with E-state index in [1.54, 1.807) is 0 Å². The average molecular weight is 555 g/mol. The van der Waals surface area contributed by atoms with Gasteiger partial charge in [-0.3, -0.25) is 4.79 Å². The summed E-state index contributed by atoms with van der Waals surface area (Å²) in [7, 11) is 0. The van der Waals surface area contributed by atoms with Crippen LogP contribution in [0.4, 0.5) is 0 Å². The summed E-state index contributed by atoms with van der Waals surface area (Å²) in [5, 5.41) is 11.1. The van der Waals surface area contributed by atoms with E-state index in [4.69, 9.17) is 0 Å². The summed E-state index contributed by atoms with van der Waals surface area (Å²) in [6, 6.07) is 52.6. The normalized spacial score (nSPS) is 22.6. The van der Waals surface area contributed by atoms with Crippen LogP contribution in [0, 0.1) is 17.2 Å². The van der Waals surface area contributed by atoms with Crippen LogP contribution < -0.4 is 0 Å². The lowest BCUT2D eigenvalue weighted by molar-refractivity contribution is 0.0835. The third kappa shape index (κ3) is 4.40. The number of allylic oxidation sites excluding steroid dienone is 2. The number of rotatable bonds is 6. The number of carbonyl (C=O) groups is 1. The van der Waals surface area contributed by atoms with Crippen molar-refractivity contribution in [1.29, 1.82) is 5.26 Å². The molecule has 0 N–H and O–H groups in total. The van der Waals surface area contributed by atoms with Crippen LogP contribution in [0.1, 0.15) is 38.5 Å². The van der Waals surface area contributed by atoms with Crippen LogP contribution >= 0.6 is 0 Å². The first-order chi connectivity index (χ1) is 21.2. The molecule has 4 atom stereocenters. The third-order valence-electron chi connectivity index (χ3n) is 8.85. The van der Waals surface area contributed by atoms with Crippen LogP contribution in [0.25, 0.3) is 11.3 Å². The van der Waals surface area contributed by atoms with E-state index < -0.39 is 23.4 Å². The lowest BCUT2D eigenvalue weighted by Crippen LogP contribution is -2.48. The zero-order valence-electron chi connectivity index (χ0n) is 23.6. The monoisotopic (exact) mass is 554 g/mol. The van der Waals surface area contributed by atoms with E-state index in [2.05, 4.69) is 71.7 Å². The summed E-state index contributed by atoms with van der Waals surface area (Å²) in [6.45, 7) is 0. The second kappa shape index (κ2) is 11.1. The molecular weight excluding hydrogens is 524 g/mol. The van der Waals surface area contributed by atoms with E-state index in [0.29, 0.717) is 5.56 Å². The molecule has 1 saturated heterocycles. The van der Waals surface area contributed by atoms with Gasteiger partial charge in [-0.2, -0.15) is 5.26 Å². The van der Waals surface area contributed by atoms with Gasteiger partial charge in [0, 0.05) is 17.2 Å². The van der Waals surface area contributed by atoms with Gasteiger partial charge in [0.1, 0.15) is 6.04 Å². The highest BCUT2D eigenvalue weighted by atomic mass is 16.1. The van der Waals surface area contributed by atoms with Gasteiger partial charge in [0.2, 0.25) is 0 Å². The average Bonchev–Trinajstić information content (AvgIpc) is 3.41. The number of hydrogen-bond acceptors (Lipinski definition) is 3. The topological polar surface area (TPSA) is 44.1 Å². The van der Waals surface area contributed by atoms with Crippen molar-refractivity contribution < 1.29 is 4.79 Å². The zero-order valence-corrected chi connectivity index (χ0v) is 23.6. The molecule has 0 bridgehead atoms. The van der Waals surface area contributed by atoms with Gasteiger partial charge in [0.25, 0.3) is 0 Å². The minimum Gasteiger partial charge on any atom is -0.340 e. The molecule has 5 aromatic carbocycles. The Balaban J connectivity index is 1.60. The van der Waals surface area contributed by atoms with Crippen LogP contribution in [0.15, 0.2) is 164 Å². The molecular formula is C40H30N2O. The van der Waals surface area contributed by atoms with Crippen molar-refractivity contribution in [1.82, 2.24) is 4.90 Å². The van der Waals surface area contributed by atoms with Crippen molar-refractivity contribution in [3.8, 4) is 6.07 Å². The Labute approximate surface area is 252 Å². The number of nitrogens with zero attached hydrogens (tertiary/aromatic N) is 2. The molecule has 1 fully saturated rings. The summed E-state index contributed by atoms with van der Waals surface area (Å²) in [4.78, 5) is 17.3. The van der Waals surface area contributed by atoms with Gasteiger partial charge in [-0.25, -0.2) is 0 Å². The second-order valence-electron chi connectivity index (χ2n) is 11.1. The fraction of sp³-hybridized carbons (Fsp3) is 0.100. The Morgan fingerprint density at radius 1 is 0.651 bits per heavy atom. The molecule has 206 valence electrons. The molecule has 2 aliphatic rings. The molecule has 7 rings (SSSR count). The predicted molar refractivity (Wildman–Crippen MR) is 172 cm³/mol. The highest BCUT2D eigenvalue weighted by Crippen LogP contribution is 2.60. The highest BCUT2D eigenvalue weighted by molar-refractivity contribution is 6.02. The summed E-state index contributed by atoms with van der Waals surface area (Å²) in [6.07, 6.45) is 4.44. The quantitative estimate of drug-likeness (QED) is 0.198. The van der Waals surface area contributed by atoms with Gasteiger partial charge in [-0.05, 0) is 40.0 Å². The van der Waals surface area contributed by atoms with Gasteiger partial charge in [-0.1, -0.05) is 152 Å². The Kier molecular flexibility index (Phi) is 6.81. The molecule has 0 radical (unpaired) electrons. The number of fused-ring (bicyclic) bond motifs is 1. The van der Waals surface area contributed by atoms with Crippen molar-refractivity contribution in [3.63, 3.8) is 0 Å². The standard InChI is InChI=1S/C40H30N2O/c41-28-36-37(31-20-10-3-11-21-31)38(39(43)32-22-12-4-13-23-32)40(34-24-14-5-15-25-34)27-33(29-16-6-1-7-17-29)26-35(42(36)40)30-18-8-2-9-19-30/h1-27,36-38H. The summed E-state index contributed by atoms with van der Waals surface area (Å²) < 4.78 is 0. The van der Waals surface area contributed by atoms with Crippen LogP contribution in [0.3, 0.4) is 0 Å². The SMILES string of the molecule is N#CC1C(c2ccccc2)C(C(=O)c2ccccc2)C2(c3ccccc3)C=C(c3ccccc3)C=C(c3ccccc3)N12. The van der Waals surface area contributed by atoms with Crippen molar-refractivity contribution in [2.75, 3.05) is 0 Å². The van der Waals surface area contributed by atoms with Gasteiger partial charge < -0.3 is 4.90 Å². The van der Waals surface area contributed by atoms with Gasteiger partial charge in [-0.15, -0.1) is 0 Å². The van der Waals surface area contributed by atoms with Crippen LogP contribution in [-0.2, 0) is 5.54 Å².